The lowest BCUT2D eigenvalue weighted by Gasteiger charge is -2.32. The molecule has 24 heavy (non-hydrogen) atoms. The highest BCUT2D eigenvalue weighted by Gasteiger charge is 2.21. The maximum Gasteiger partial charge on any atom is 0.229 e. The van der Waals surface area contributed by atoms with Crippen LogP contribution in [0.15, 0.2) is 30.3 Å². The molecule has 0 radical (unpaired) electrons. The van der Waals surface area contributed by atoms with E-state index >= 15 is 0 Å². The number of hydrogen-bond acceptors (Lipinski definition) is 4. The first kappa shape index (κ1) is 17.3. The van der Waals surface area contributed by atoms with Crippen molar-refractivity contribution >= 4 is 44.6 Å². The van der Waals surface area contributed by atoms with Gasteiger partial charge in [-0.2, -0.15) is 0 Å². The van der Waals surface area contributed by atoms with Gasteiger partial charge in [0.25, 0.3) is 0 Å². The maximum absolute atomic E-state index is 11.6. The van der Waals surface area contributed by atoms with Crippen molar-refractivity contribution in [3.8, 4) is 0 Å². The molecule has 0 saturated carbocycles. The summed E-state index contributed by atoms with van der Waals surface area (Å²) < 4.78 is 25.8. The second-order valence-corrected chi connectivity index (χ2v) is 8.35. The fourth-order valence-electron chi connectivity index (χ4n) is 2.99. The van der Waals surface area contributed by atoms with Crippen LogP contribution < -0.4 is 9.62 Å². The molecule has 1 aliphatic rings. The highest BCUT2D eigenvalue weighted by Crippen LogP contribution is 2.34. The first-order valence-corrected chi connectivity index (χ1v) is 10.1. The Bertz CT molecular complexity index is 851. The molecule has 1 aliphatic heterocycles. The number of pyridine rings is 1. The van der Waals surface area contributed by atoms with Crippen LogP contribution in [-0.2, 0) is 23.0 Å². The van der Waals surface area contributed by atoms with Gasteiger partial charge in [0.05, 0.1) is 11.9 Å². The molecule has 3 rings (SSSR count). The average Bonchev–Trinajstić information content (AvgIpc) is 2.45. The molecule has 8 heteroatoms. The largest absolute Gasteiger partial charge is 0.367 e. The van der Waals surface area contributed by atoms with E-state index in [1.54, 1.807) is 18.2 Å². The van der Waals surface area contributed by atoms with E-state index in [1.807, 2.05) is 12.1 Å². The van der Waals surface area contributed by atoms with Crippen molar-refractivity contribution in [1.82, 2.24) is 4.98 Å². The van der Waals surface area contributed by atoms with E-state index in [0.29, 0.717) is 22.5 Å². The molecule has 128 valence electrons. The third-order valence-electron chi connectivity index (χ3n) is 3.84. The van der Waals surface area contributed by atoms with Crippen molar-refractivity contribution in [3.63, 3.8) is 0 Å². The molecule has 0 aliphatic carbocycles. The van der Waals surface area contributed by atoms with Crippen LogP contribution >= 0.6 is 23.2 Å². The van der Waals surface area contributed by atoms with Gasteiger partial charge in [0.1, 0.15) is 10.3 Å². The molecule has 1 aromatic heterocycles. The van der Waals surface area contributed by atoms with E-state index in [1.165, 1.54) is 0 Å². The van der Waals surface area contributed by atoms with Gasteiger partial charge in [0, 0.05) is 18.8 Å². The lowest BCUT2D eigenvalue weighted by atomic mass is 9.99. The van der Waals surface area contributed by atoms with E-state index in [9.17, 15) is 8.42 Å². The Hall–Kier alpha value is -1.50. The number of halogens is 2. The van der Waals surface area contributed by atoms with Crippen LogP contribution in [0.25, 0.3) is 0 Å². The highest BCUT2D eigenvalue weighted by molar-refractivity contribution is 7.92. The minimum atomic E-state index is -3.31. The van der Waals surface area contributed by atoms with Crippen molar-refractivity contribution in [2.24, 2.45) is 0 Å². The van der Waals surface area contributed by atoms with Crippen LogP contribution in [0.1, 0.15) is 17.5 Å². The van der Waals surface area contributed by atoms with Crippen molar-refractivity contribution < 1.29 is 8.42 Å². The Balaban J connectivity index is 1.93. The zero-order valence-corrected chi connectivity index (χ0v) is 15.4. The molecule has 5 nitrogen and oxygen atoms in total. The summed E-state index contributed by atoms with van der Waals surface area (Å²) in [7, 11) is -3.31. The number of benzene rings is 1. The summed E-state index contributed by atoms with van der Waals surface area (Å²) >= 11 is 12.0. The Morgan fingerprint density at radius 1 is 1.25 bits per heavy atom. The molecule has 1 aromatic carbocycles. The molecule has 0 saturated heterocycles. The summed E-state index contributed by atoms with van der Waals surface area (Å²) in [6, 6.07) is 9.24. The van der Waals surface area contributed by atoms with Crippen molar-refractivity contribution in [2.75, 3.05) is 22.4 Å². The van der Waals surface area contributed by atoms with E-state index < -0.39 is 10.0 Å². The molecule has 2 heterocycles. The number of nitrogens with zero attached hydrogens (tertiary/aromatic N) is 2. The van der Waals surface area contributed by atoms with Crippen LogP contribution in [0.5, 0.6) is 0 Å². The molecule has 0 fully saturated rings. The van der Waals surface area contributed by atoms with E-state index in [2.05, 4.69) is 14.6 Å². The molecule has 2 aromatic rings. The molecule has 0 atom stereocenters. The molecule has 0 amide bonds. The minimum Gasteiger partial charge on any atom is -0.367 e. The van der Waals surface area contributed by atoms with Gasteiger partial charge in [0.15, 0.2) is 0 Å². The minimum absolute atomic E-state index is 0.363. The zero-order chi connectivity index (χ0) is 17.3. The normalized spacial score (nSPS) is 14.4. The predicted molar refractivity (Wildman–Crippen MR) is 98.5 cm³/mol. The van der Waals surface area contributed by atoms with Gasteiger partial charge in [-0.25, -0.2) is 13.4 Å². The zero-order valence-electron chi connectivity index (χ0n) is 13.1. The summed E-state index contributed by atoms with van der Waals surface area (Å²) in [6.07, 6.45) is 2.94. The average molecular weight is 386 g/mol. The topological polar surface area (TPSA) is 62.3 Å². The van der Waals surface area contributed by atoms with Crippen molar-refractivity contribution in [2.45, 2.75) is 19.4 Å². The lowest BCUT2D eigenvalue weighted by molar-refractivity contribution is 0.606. The number of fused-ring (bicyclic) bond motifs is 1. The third kappa shape index (κ3) is 4.12. The van der Waals surface area contributed by atoms with E-state index in [4.69, 9.17) is 23.2 Å². The first-order valence-electron chi connectivity index (χ1n) is 7.48. The maximum atomic E-state index is 11.6. The van der Waals surface area contributed by atoms with Crippen molar-refractivity contribution in [1.29, 1.82) is 0 Å². The monoisotopic (exact) mass is 385 g/mol. The number of aromatic nitrogens is 1. The molecule has 0 spiro atoms. The number of sulfonamides is 1. The fourth-order valence-corrected chi connectivity index (χ4v) is 4.08. The van der Waals surface area contributed by atoms with E-state index in [-0.39, 0.29) is 0 Å². The fraction of sp³-hybridized carbons (Fsp3) is 0.312. The summed E-state index contributed by atoms with van der Waals surface area (Å²) in [5.74, 6) is 0. The summed E-state index contributed by atoms with van der Waals surface area (Å²) in [6.45, 7) is 1.52. The predicted octanol–water partition coefficient (Wildman–Crippen LogP) is 3.71. The Labute approximate surface area is 151 Å². The highest BCUT2D eigenvalue weighted by atomic mass is 35.5. The SMILES string of the molecule is CS(=O)(=O)Nc1cccc2c1CCCN2Cc1cc(Cl)nc(Cl)c1. The van der Waals surface area contributed by atoms with Crippen LogP contribution in [0.2, 0.25) is 10.3 Å². The van der Waals surface area contributed by atoms with Gasteiger partial charge in [-0.15, -0.1) is 0 Å². The summed E-state index contributed by atoms with van der Waals surface area (Å²) in [4.78, 5) is 6.16. The number of nitrogens with one attached hydrogen (secondary N) is 1. The first-order chi connectivity index (χ1) is 11.3. The number of hydrogen-bond donors (Lipinski definition) is 1. The van der Waals surface area contributed by atoms with Gasteiger partial charge < -0.3 is 4.90 Å². The second kappa shape index (κ2) is 6.78. The molecular weight excluding hydrogens is 369 g/mol. The van der Waals surface area contributed by atoms with Crippen LogP contribution in [0, 0.1) is 0 Å². The van der Waals surface area contributed by atoms with Gasteiger partial charge in [-0.1, -0.05) is 29.3 Å². The summed E-state index contributed by atoms with van der Waals surface area (Å²) in [5.41, 5.74) is 3.65. The Kier molecular flexibility index (Phi) is 4.90. The molecule has 0 unspecified atom stereocenters. The quantitative estimate of drug-likeness (QED) is 0.814. The van der Waals surface area contributed by atoms with Crippen molar-refractivity contribution in [3.05, 3.63) is 51.8 Å². The van der Waals surface area contributed by atoms with E-state index in [0.717, 1.165) is 42.5 Å². The standard InChI is InChI=1S/C16H17Cl2N3O2S/c1-24(22,23)20-13-5-2-6-14-12(13)4-3-7-21(14)10-11-8-15(17)19-16(18)9-11/h2,5-6,8-9,20H,3-4,7,10H2,1H3. The lowest BCUT2D eigenvalue weighted by Crippen LogP contribution is -2.29. The van der Waals surface area contributed by atoms with Gasteiger partial charge in [-0.05, 0) is 48.2 Å². The molecule has 1 N–H and O–H groups in total. The Morgan fingerprint density at radius 3 is 2.62 bits per heavy atom. The third-order valence-corrected chi connectivity index (χ3v) is 4.82. The van der Waals surface area contributed by atoms with Crippen LogP contribution in [-0.4, -0.2) is 26.2 Å². The van der Waals surface area contributed by atoms with Crippen LogP contribution in [0.4, 0.5) is 11.4 Å². The second-order valence-electron chi connectivity index (χ2n) is 5.82. The number of anilines is 2. The molecular formula is C16H17Cl2N3O2S. The molecule has 0 bridgehead atoms. The number of rotatable bonds is 4. The summed E-state index contributed by atoms with van der Waals surface area (Å²) in [5, 5.41) is 0.726. The Morgan fingerprint density at radius 2 is 1.96 bits per heavy atom. The van der Waals surface area contributed by atoms with Crippen LogP contribution in [0.3, 0.4) is 0 Å². The van der Waals surface area contributed by atoms with Gasteiger partial charge in [-0.3, -0.25) is 4.72 Å². The smallest absolute Gasteiger partial charge is 0.229 e. The van der Waals surface area contributed by atoms with Gasteiger partial charge >= 0.3 is 0 Å². The van der Waals surface area contributed by atoms with Gasteiger partial charge in [0.2, 0.25) is 10.0 Å².